The van der Waals surface area contributed by atoms with Crippen LogP contribution >= 0.6 is 23.2 Å². The second kappa shape index (κ2) is 5.55. The molecule has 4 heteroatoms. The number of carbonyl (C=O) groups excluding carboxylic acids is 1. The van der Waals surface area contributed by atoms with Crippen LogP contribution in [0.15, 0.2) is 54.6 Å². The van der Waals surface area contributed by atoms with Crippen molar-refractivity contribution >= 4 is 45.4 Å². The summed E-state index contributed by atoms with van der Waals surface area (Å²) in [4.78, 5) is 12.8. The van der Waals surface area contributed by atoms with Gasteiger partial charge in [0.25, 0.3) is 0 Å². The Labute approximate surface area is 144 Å². The van der Waals surface area contributed by atoms with E-state index in [1.165, 1.54) is 0 Å². The zero-order chi connectivity index (χ0) is 16.0. The van der Waals surface area contributed by atoms with Gasteiger partial charge >= 0.3 is 0 Å². The molecule has 1 aliphatic rings. The van der Waals surface area contributed by atoms with E-state index in [0.29, 0.717) is 16.5 Å². The molecule has 3 aromatic carbocycles. The molecule has 114 valence electrons. The highest BCUT2D eigenvalue weighted by Gasteiger charge is 2.28. The fraction of sp³-hybridized carbons (Fsp3) is 0.105. The van der Waals surface area contributed by atoms with Gasteiger partial charge in [-0.2, -0.15) is 0 Å². The van der Waals surface area contributed by atoms with Crippen LogP contribution in [0, 0.1) is 0 Å². The van der Waals surface area contributed by atoms with Gasteiger partial charge in [0.1, 0.15) is 0 Å². The molecule has 4 rings (SSSR count). The lowest BCUT2D eigenvalue weighted by Crippen LogP contribution is -2.23. The Kier molecular flexibility index (Phi) is 3.51. The Morgan fingerprint density at radius 2 is 1.83 bits per heavy atom. The lowest BCUT2D eigenvalue weighted by Gasteiger charge is -2.28. The minimum Gasteiger partial charge on any atom is -0.377 e. The monoisotopic (exact) mass is 341 g/mol. The van der Waals surface area contributed by atoms with Crippen LogP contribution in [0.4, 0.5) is 5.69 Å². The smallest absolute Gasteiger partial charge is 0.167 e. The molecule has 0 spiro atoms. The first-order valence-electron chi connectivity index (χ1n) is 7.40. The van der Waals surface area contributed by atoms with E-state index in [4.69, 9.17) is 23.2 Å². The first-order valence-corrected chi connectivity index (χ1v) is 8.15. The summed E-state index contributed by atoms with van der Waals surface area (Å²) < 4.78 is 0. The molecule has 0 saturated carbocycles. The van der Waals surface area contributed by atoms with Crippen molar-refractivity contribution in [2.24, 2.45) is 0 Å². The van der Waals surface area contributed by atoms with Crippen molar-refractivity contribution in [2.45, 2.75) is 12.5 Å². The quantitative estimate of drug-likeness (QED) is 0.598. The number of nitrogens with one attached hydrogen (secondary N) is 1. The third-order valence-electron chi connectivity index (χ3n) is 4.27. The van der Waals surface area contributed by atoms with Crippen molar-refractivity contribution in [2.75, 3.05) is 5.32 Å². The Balaban J connectivity index is 1.81. The van der Waals surface area contributed by atoms with E-state index in [0.717, 1.165) is 27.6 Å². The number of halogens is 2. The standard InChI is InChI=1S/C19H13Cl2NO/c20-12-6-7-14(15(21)9-12)17-10-18(23)19-13-4-2-1-3-11(13)5-8-16(19)22-17/h1-9,17,22H,10H2/t17-/m0/s1. The van der Waals surface area contributed by atoms with E-state index in [2.05, 4.69) is 5.32 Å². The fourth-order valence-corrected chi connectivity index (χ4v) is 3.73. The Morgan fingerprint density at radius 3 is 2.65 bits per heavy atom. The van der Waals surface area contributed by atoms with Gasteiger partial charge < -0.3 is 5.32 Å². The van der Waals surface area contributed by atoms with Gasteiger partial charge in [-0.25, -0.2) is 0 Å². The van der Waals surface area contributed by atoms with Gasteiger partial charge in [-0.05, 0) is 34.5 Å². The van der Waals surface area contributed by atoms with Gasteiger partial charge in [0.2, 0.25) is 0 Å². The molecular formula is C19H13Cl2NO. The van der Waals surface area contributed by atoms with Gasteiger partial charge in [0.05, 0.1) is 6.04 Å². The van der Waals surface area contributed by atoms with Crippen molar-refractivity contribution in [3.8, 4) is 0 Å². The second-order valence-corrected chi connectivity index (χ2v) is 6.54. The summed E-state index contributed by atoms with van der Waals surface area (Å²) in [6.45, 7) is 0. The van der Waals surface area contributed by atoms with Crippen LogP contribution < -0.4 is 5.32 Å². The molecule has 0 aromatic heterocycles. The normalized spacial score (nSPS) is 17.0. The summed E-state index contributed by atoms with van der Waals surface area (Å²) in [5, 5.41) is 6.68. The van der Waals surface area contributed by atoms with Crippen LogP contribution in [0.1, 0.15) is 28.4 Å². The molecule has 0 amide bonds. The molecule has 0 aliphatic carbocycles. The van der Waals surface area contributed by atoms with Gasteiger partial charge in [-0.3, -0.25) is 4.79 Å². The number of hydrogen-bond donors (Lipinski definition) is 1. The van der Waals surface area contributed by atoms with E-state index in [1.807, 2.05) is 42.5 Å². The van der Waals surface area contributed by atoms with Crippen LogP contribution in [-0.2, 0) is 0 Å². The van der Waals surface area contributed by atoms with Crippen molar-refractivity contribution in [3.05, 3.63) is 75.8 Å². The van der Waals surface area contributed by atoms with E-state index in [9.17, 15) is 4.79 Å². The fourth-order valence-electron chi connectivity index (χ4n) is 3.19. The number of benzene rings is 3. The van der Waals surface area contributed by atoms with Gasteiger partial charge in [0.15, 0.2) is 5.78 Å². The van der Waals surface area contributed by atoms with Crippen LogP contribution in [-0.4, -0.2) is 5.78 Å². The number of fused-ring (bicyclic) bond motifs is 3. The van der Waals surface area contributed by atoms with Gasteiger partial charge in [-0.15, -0.1) is 0 Å². The SMILES string of the molecule is O=C1C[C@@H](c2ccc(Cl)cc2Cl)Nc2ccc3ccccc3c21. The Bertz CT molecular complexity index is 936. The number of hydrogen-bond acceptors (Lipinski definition) is 2. The maximum Gasteiger partial charge on any atom is 0.167 e. The summed E-state index contributed by atoms with van der Waals surface area (Å²) in [6, 6.07) is 17.2. The first kappa shape index (κ1) is 14.6. The van der Waals surface area contributed by atoms with Crippen molar-refractivity contribution in [3.63, 3.8) is 0 Å². The van der Waals surface area contributed by atoms with E-state index in [1.54, 1.807) is 12.1 Å². The van der Waals surface area contributed by atoms with Crippen molar-refractivity contribution < 1.29 is 4.79 Å². The molecule has 1 N–H and O–H groups in total. The Hall–Kier alpha value is -2.03. The minimum absolute atomic E-state index is 0.131. The summed E-state index contributed by atoms with van der Waals surface area (Å²) in [6.07, 6.45) is 0.377. The topological polar surface area (TPSA) is 29.1 Å². The summed E-state index contributed by atoms with van der Waals surface area (Å²) >= 11 is 12.3. The lowest BCUT2D eigenvalue weighted by atomic mass is 9.89. The molecule has 0 unspecified atom stereocenters. The number of carbonyl (C=O) groups is 1. The number of ketones is 1. The largest absolute Gasteiger partial charge is 0.377 e. The van der Waals surface area contributed by atoms with Gasteiger partial charge in [-0.1, -0.05) is 59.6 Å². The third-order valence-corrected chi connectivity index (χ3v) is 4.83. The zero-order valence-corrected chi connectivity index (χ0v) is 13.7. The number of anilines is 1. The van der Waals surface area contributed by atoms with Crippen molar-refractivity contribution in [1.82, 2.24) is 0 Å². The maximum absolute atomic E-state index is 12.8. The van der Waals surface area contributed by atoms with Crippen LogP contribution in [0.3, 0.4) is 0 Å². The second-order valence-electron chi connectivity index (χ2n) is 5.70. The van der Waals surface area contributed by atoms with Gasteiger partial charge in [0, 0.05) is 27.7 Å². The number of rotatable bonds is 1. The lowest BCUT2D eigenvalue weighted by molar-refractivity contribution is 0.0974. The molecule has 0 bridgehead atoms. The molecule has 1 aliphatic heterocycles. The van der Waals surface area contributed by atoms with E-state index in [-0.39, 0.29) is 11.8 Å². The molecule has 1 atom stereocenters. The highest BCUT2D eigenvalue weighted by atomic mass is 35.5. The van der Waals surface area contributed by atoms with Crippen LogP contribution in [0.25, 0.3) is 10.8 Å². The maximum atomic E-state index is 12.8. The molecule has 3 aromatic rings. The predicted octanol–water partition coefficient (Wildman–Crippen LogP) is 5.89. The zero-order valence-electron chi connectivity index (χ0n) is 12.1. The predicted molar refractivity (Wildman–Crippen MR) is 95.7 cm³/mol. The minimum atomic E-state index is -0.138. The Morgan fingerprint density at radius 1 is 1.00 bits per heavy atom. The molecule has 0 fully saturated rings. The summed E-state index contributed by atoms with van der Waals surface area (Å²) in [7, 11) is 0. The van der Waals surface area contributed by atoms with E-state index >= 15 is 0 Å². The molecule has 0 saturated heterocycles. The average Bonchev–Trinajstić information content (AvgIpc) is 2.54. The number of Topliss-reactive ketones (excluding diaryl/α,β-unsaturated/α-hetero) is 1. The molecule has 2 nitrogen and oxygen atoms in total. The van der Waals surface area contributed by atoms with Crippen LogP contribution in [0.2, 0.25) is 10.0 Å². The van der Waals surface area contributed by atoms with Crippen molar-refractivity contribution in [1.29, 1.82) is 0 Å². The van der Waals surface area contributed by atoms with Crippen LogP contribution in [0.5, 0.6) is 0 Å². The highest BCUT2D eigenvalue weighted by molar-refractivity contribution is 6.35. The first-order chi connectivity index (χ1) is 11.1. The highest BCUT2D eigenvalue weighted by Crippen LogP contribution is 2.39. The summed E-state index contributed by atoms with van der Waals surface area (Å²) in [5.41, 5.74) is 2.52. The molecular weight excluding hydrogens is 329 g/mol. The average molecular weight is 342 g/mol. The molecule has 23 heavy (non-hydrogen) atoms. The molecule has 0 radical (unpaired) electrons. The third kappa shape index (κ3) is 2.48. The summed E-state index contributed by atoms with van der Waals surface area (Å²) in [5.74, 6) is 0.131. The molecule has 1 heterocycles. The van der Waals surface area contributed by atoms with E-state index < -0.39 is 0 Å².